The molecule has 2 heterocycles. The van der Waals surface area contributed by atoms with Crippen LogP contribution in [-0.2, 0) is 0 Å². The largest absolute Gasteiger partial charge is 0.476 e. The third-order valence-corrected chi connectivity index (χ3v) is 2.80. The fraction of sp³-hybridized carbons (Fsp3) is 0.667. The van der Waals surface area contributed by atoms with Crippen LogP contribution in [0.1, 0.15) is 29.9 Å². The number of carboxylic acid groups (broad SMARTS) is 1. The predicted octanol–water partition coefficient (Wildman–Crippen LogP) is 0.243. The normalized spacial score (nSPS) is 22.1. The van der Waals surface area contributed by atoms with Crippen LogP contribution in [0.25, 0.3) is 0 Å². The molecule has 2 rings (SSSR count). The highest BCUT2D eigenvalue weighted by Crippen LogP contribution is 2.19. The maximum Gasteiger partial charge on any atom is 0.358 e. The molecular formula is C9H14N4O2. The van der Waals surface area contributed by atoms with Crippen LogP contribution in [0.3, 0.4) is 0 Å². The zero-order chi connectivity index (χ0) is 10.8. The van der Waals surface area contributed by atoms with Crippen LogP contribution in [0.4, 0.5) is 0 Å². The number of hydrogen-bond acceptors (Lipinski definition) is 4. The molecule has 0 saturated carbocycles. The van der Waals surface area contributed by atoms with Gasteiger partial charge in [0.15, 0.2) is 5.69 Å². The maximum atomic E-state index is 10.6. The highest BCUT2D eigenvalue weighted by molar-refractivity contribution is 5.84. The number of nitrogens with zero attached hydrogens (tertiary/aromatic N) is 4. The second kappa shape index (κ2) is 3.98. The van der Waals surface area contributed by atoms with E-state index in [1.807, 2.05) is 0 Å². The second-order valence-electron chi connectivity index (χ2n) is 3.72. The SMILES string of the molecule is CCN1CC[C@@H](n2cc(C(=O)O)nn2)C1. The van der Waals surface area contributed by atoms with Crippen molar-refractivity contribution in [3.63, 3.8) is 0 Å². The third-order valence-electron chi connectivity index (χ3n) is 2.80. The number of likely N-dealkylation sites (N-methyl/N-ethyl adjacent to an activating group) is 1. The van der Waals surface area contributed by atoms with E-state index < -0.39 is 5.97 Å². The number of aromatic carboxylic acids is 1. The van der Waals surface area contributed by atoms with Gasteiger partial charge in [-0.1, -0.05) is 12.1 Å². The molecule has 1 fully saturated rings. The van der Waals surface area contributed by atoms with Gasteiger partial charge in [-0.25, -0.2) is 9.48 Å². The van der Waals surface area contributed by atoms with Crippen molar-refractivity contribution in [2.24, 2.45) is 0 Å². The van der Waals surface area contributed by atoms with Crippen molar-refractivity contribution in [3.05, 3.63) is 11.9 Å². The summed E-state index contributed by atoms with van der Waals surface area (Å²) in [4.78, 5) is 12.9. The van der Waals surface area contributed by atoms with E-state index in [1.54, 1.807) is 4.68 Å². The van der Waals surface area contributed by atoms with Crippen LogP contribution in [0.15, 0.2) is 6.20 Å². The van der Waals surface area contributed by atoms with Crippen LogP contribution < -0.4 is 0 Å². The highest BCUT2D eigenvalue weighted by atomic mass is 16.4. The lowest BCUT2D eigenvalue weighted by Crippen LogP contribution is -2.21. The summed E-state index contributed by atoms with van der Waals surface area (Å²) in [6, 6.07) is 0.269. The zero-order valence-corrected chi connectivity index (χ0v) is 8.63. The van der Waals surface area contributed by atoms with E-state index in [9.17, 15) is 4.79 Å². The molecule has 1 aliphatic heterocycles. The van der Waals surface area contributed by atoms with Gasteiger partial charge in [0.25, 0.3) is 0 Å². The molecule has 0 aromatic carbocycles. The van der Waals surface area contributed by atoms with Crippen molar-refractivity contribution in [2.75, 3.05) is 19.6 Å². The Bertz CT molecular complexity index is 363. The summed E-state index contributed by atoms with van der Waals surface area (Å²) >= 11 is 0. The molecule has 0 unspecified atom stereocenters. The number of aromatic nitrogens is 3. The van der Waals surface area contributed by atoms with Gasteiger partial charge >= 0.3 is 5.97 Å². The zero-order valence-electron chi connectivity index (χ0n) is 8.63. The average Bonchev–Trinajstić information content (AvgIpc) is 2.86. The molecule has 1 saturated heterocycles. The highest BCUT2D eigenvalue weighted by Gasteiger charge is 2.24. The Morgan fingerprint density at radius 3 is 3.07 bits per heavy atom. The van der Waals surface area contributed by atoms with Crippen molar-refractivity contribution in [2.45, 2.75) is 19.4 Å². The molecule has 0 amide bonds. The minimum absolute atomic E-state index is 0.0185. The molecule has 0 spiro atoms. The van der Waals surface area contributed by atoms with Gasteiger partial charge in [0.2, 0.25) is 0 Å². The summed E-state index contributed by atoms with van der Waals surface area (Å²) in [6.45, 7) is 5.12. The Morgan fingerprint density at radius 2 is 2.53 bits per heavy atom. The molecule has 82 valence electrons. The molecule has 0 radical (unpaired) electrons. The molecule has 1 aromatic rings. The average molecular weight is 210 g/mol. The van der Waals surface area contributed by atoms with Gasteiger partial charge in [-0.15, -0.1) is 5.10 Å². The Kier molecular flexibility index (Phi) is 2.68. The van der Waals surface area contributed by atoms with Crippen LogP contribution in [0.2, 0.25) is 0 Å². The van der Waals surface area contributed by atoms with E-state index in [2.05, 4.69) is 22.1 Å². The van der Waals surface area contributed by atoms with E-state index in [0.29, 0.717) is 0 Å². The summed E-state index contributed by atoms with van der Waals surface area (Å²) in [7, 11) is 0. The lowest BCUT2D eigenvalue weighted by Gasteiger charge is -2.12. The molecule has 1 atom stereocenters. The molecule has 6 nitrogen and oxygen atoms in total. The van der Waals surface area contributed by atoms with Crippen molar-refractivity contribution >= 4 is 5.97 Å². The maximum absolute atomic E-state index is 10.6. The van der Waals surface area contributed by atoms with E-state index in [4.69, 9.17) is 5.11 Å². The fourth-order valence-electron chi connectivity index (χ4n) is 1.87. The number of carbonyl (C=O) groups is 1. The Hall–Kier alpha value is -1.43. The summed E-state index contributed by atoms with van der Waals surface area (Å²) in [6.07, 6.45) is 2.52. The molecule has 15 heavy (non-hydrogen) atoms. The first-order valence-corrected chi connectivity index (χ1v) is 5.08. The van der Waals surface area contributed by atoms with Crippen molar-refractivity contribution in [3.8, 4) is 0 Å². The van der Waals surface area contributed by atoms with Gasteiger partial charge < -0.3 is 10.0 Å². The lowest BCUT2D eigenvalue weighted by atomic mass is 10.3. The Morgan fingerprint density at radius 1 is 1.73 bits per heavy atom. The summed E-state index contributed by atoms with van der Waals surface area (Å²) in [5, 5.41) is 16.2. The molecule has 0 aliphatic carbocycles. The first kappa shape index (κ1) is 10.1. The van der Waals surface area contributed by atoms with Gasteiger partial charge in [-0.05, 0) is 13.0 Å². The molecule has 1 N–H and O–H groups in total. The van der Waals surface area contributed by atoms with Gasteiger partial charge in [0.1, 0.15) is 0 Å². The standard InChI is InChI=1S/C9H14N4O2/c1-2-12-4-3-7(5-12)13-6-8(9(14)15)10-11-13/h6-7H,2-5H2,1H3,(H,14,15)/t7-/m1/s1. The Labute approximate surface area is 87.5 Å². The van der Waals surface area contributed by atoms with Crippen LogP contribution in [-0.4, -0.2) is 50.6 Å². The van der Waals surface area contributed by atoms with Crippen LogP contribution >= 0.6 is 0 Å². The topological polar surface area (TPSA) is 71.2 Å². The van der Waals surface area contributed by atoms with Gasteiger partial charge in [-0.2, -0.15) is 0 Å². The molecule has 6 heteroatoms. The molecule has 1 aromatic heterocycles. The van der Waals surface area contributed by atoms with Crippen LogP contribution in [0.5, 0.6) is 0 Å². The summed E-state index contributed by atoms with van der Waals surface area (Å²) < 4.78 is 1.67. The predicted molar refractivity (Wildman–Crippen MR) is 52.7 cm³/mol. The van der Waals surface area contributed by atoms with E-state index in [1.165, 1.54) is 6.20 Å². The van der Waals surface area contributed by atoms with E-state index in [0.717, 1.165) is 26.1 Å². The molecule has 1 aliphatic rings. The molecular weight excluding hydrogens is 196 g/mol. The smallest absolute Gasteiger partial charge is 0.358 e. The number of rotatable bonds is 3. The first-order valence-electron chi connectivity index (χ1n) is 5.08. The summed E-state index contributed by atoms with van der Waals surface area (Å²) in [5.41, 5.74) is 0.0185. The summed E-state index contributed by atoms with van der Waals surface area (Å²) in [5.74, 6) is -1.02. The van der Waals surface area contributed by atoms with Crippen molar-refractivity contribution < 1.29 is 9.90 Å². The number of hydrogen-bond donors (Lipinski definition) is 1. The fourth-order valence-corrected chi connectivity index (χ4v) is 1.87. The van der Waals surface area contributed by atoms with E-state index >= 15 is 0 Å². The number of carboxylic acids is 1. The van der Waals surface area contributed by atoms with Gasteiger partial charge in [0.05, 0.1) is 12.2 Å². The van der Waals surface area contributed by atoms with Crippen molar-refractivity contribution in [1.82, 2.24) is 19.9 Å². The second-order valence-corrected chi connectivity index (χ2v) is 3.72. The van der Waals surface area contributed by atoms with Gasteiger partial charge in [-0.3, -0.25) is 0 Å². The quantitative estimate of drug-likeness (QED) is 0.774. The number of likely N-dealkylation sites (tertiary alicyclic amines) is 1. The lowest BCUT2D eigenvalue weighted by molar-refractivity contribution is 0.0690. The Balaban J connectivity index is 2.07. The van der Waals surface area contributed by atoms with Gasteiger partial charge in [0, 0.05) is 13.1 Å². The minimum atomic E-state index is -1.02. The van der Waals surface area contributed by atoms with E-state index in [-0.39, 0.29) is 11.7 Å². The third kappa shape index (κ3) is 1.99. The van der Waals surface area contributed by atoms with Crippen molar-refractivity contribution in [1.29, 1.82) is 0 Å². The van der Waals surface area contributed by atoms with Crippen LogP contribution in [0, 0.1) is 0 Å². The minimum Gasteiger partial charge on any atom is -0.476 e. The molecule has 0 bridgehead atoms. The first-order chi connectivity index (χ1) is 7.20. The monoisotopic (exact) mass is 210 g/mol.